The Morgan fingerprint density at radius 3 is 2.61 bits per heavy atom. The van der Waals surface area contributed by atoms with E-state index in [1.807, 2.05) is 23.6 Å². The largest absolute Gasteiger partial charge is 0.495 e. The molecule has 2 rings (SSSR count). The van der Waals surface area contributed by atoms with Crippen LogP contribution < -0.4 is 4.74 Å². The lowest BCUT2D eigenvalue weighted by Crippen LogP contribution is -2.07. The van der Waals surface area contributed by atoms with E-state index >= 15 is 0 Å². The van der Waals surface area contributed by atoms with Crippen LogP contribution in [0, 0.1) is 0 Å². The van der Waals surface area contributed by atoms with Gasteiger partial charge in [-0.15, -0.1) is 11.3 Å². The summed E-state index contributed by atoms with van der Waals surface area (Å²) < 4.78 is 5.33. The molecule has 0 aliphatic heterocycles. The molecule has 2 nitrogen and oxygen atoms in total. The fraction of sp³-hybridized carbons (Fsp3) is 0.400. The van der Waals surface area contributed by atoms with E-state index in [4.69, 9.17) is 4.74 Å². The van der Waals surface area contributed by atoms with E-state index in [0.717, 1.165) is 12.2 Å². The van der Waals surface area contributed by atoms with Crippen LogP contribution in [0.2, 0.25) is 0 Å². The quantitative estimate of drug-likeness (QED) is 0.832. The van der Waals surface area contributed by atoms with Gasteiger partial charge in [-0.3, -0.25) is 4.98 Å². The van der Waals surface area contributed by atoms with E-state index in [-0.39, 0.29) is 5.41 Å². The molecule has 0 spiro atoms. The van der Waals surface area contributed by atoms with E-state index < -0.39 is 0 Å². The molecule has 0 amide bonds. The molecular formula is C15H19NOS. The van der Waals surface area contributed by atoms with E-state index in [1.54, 1.807) is 13.3 Å². The number of rotatable bonds is 3. The number of hydrogen-bond acceptors (Lipinski definition) is 3. The number of ether oxygens (including phenoxy) is 1. The summed E-state index contributed by atoms with van der Waals surface area (Å²) in [5, 5.41) is 0. The Bertz CT molecular complexity index is 525. The number of hydrogen-bond donors (Lipinski definition) is 0. The van der Waals surface area contributed by atoms with Crippen molar-refractivity contribution in [3.05, 3.63) is 45.9 Å². The van der Waals surface area contributed by atoms with Gasteiger partial charge in [-0.1, -0.05) is 20.8 Å². The van der Waals surface area contributed by atoms with Crippen molar-refractivity contribution < 1.29 is 4.74 Å². The molecule has 0 saturated heterocycles. The third-order valence-electron chi connectivity index (χ3n) is 2.86. The zero-order valence-corrected chi connectivity index (χ0v) is 12.2. The number of pyridine rings is 1. The molecule has 3 heteroatoms. The van der Waals surface area contributed by atoms with Crippen molar-refractivity contribution >= 4 is 11.3 Å². The van der Waals surface area contributed by atoms with Gasteiger partial charge in [-0.2, -0.15) is 0 Å². The van der Waals surface area contributed by atoms with Gasteiger partial charge in [-0.05, 0) is 23.6 Å². The molecule has 0 atom stereocenters. The molecular weight excluding hydrogens is 242 g/mol. The van der Waals surface area contributed by atoms with Gasteiger partial charge < -0.3 is 4.74 Å². The Labute approximate surface area is 113 Å². The molecule has 0 aromatic carbocycles. The Morgan fingerprint density at radius 1 is 1.22 bits per heavy atom. The highest BCUT2D eigenvalue weighted by Gasteiger charge is 2.16. The van der Waals surface area contributed by atoms with Gasteiger partial charge in [0.15, 0.2) is 0 Å². The van der Waals surface area contributed by atoms with Crippen LogP contribution in [0.3, 0.4) is 0 Å². The number of nitrogens with zero attached hydrogens (tertiary/aromatic N) is 1. The maximum absolute atomic E-state index is 5.33. The van der Waals surface area contributed by atoms with E-state index in [1.165, 1.54) is 15.3 Å². The van der Waals surface area contributed by atoms with Crippen LogP contribution in [0.1, 0.15) is 36.1 Å². The summed E-state index contributed by atoms with van der Waals surface area (Å²) in [6.07, 6.45) is 4.50. The molecule has 0 fully saturated rings. The zero-order chi connectivity index (χ0) is 13.2. The molecule has 2 aromatic rings. The van der Waals surface area contributed by atoms with Gasteiger partial charge >= 0.3 is 0 Å². The average molecular weight is 261 g/mol. The average Bonchev–Trinajstić information content (AvgIpc) is 2.78. The first-order valence-electron chi connectivity index (χ1n) is 6.07. The zero-order valence-electron chi connectivity index (χ0n) is 11.4. The highest BCUT2D eigenvalue weighted by molar-refractivity contribution is 7.12. The first-order chi connectivity index (χ1) is 8.50. The van der Waals surface area contributed by atoms with Crippen LogP contribution in [0.5, 0.6) is 5.75 Å². The summed E-state index contributed by atoms with van der Waals surface area (Å²) in [7, 11) is 1.69. The van der Waals surface area contributed by atoms with Crippen molar-refractivity contribution in [3.63, 3.8) is 0 Å². The van der Waals surface area contributed by atoms with Gasteiger partial charge in [0.05, 0.1) is 13.3 Å². The summed E-state index contributed by atoms with van der Waals surface area (Å²) in [6.45, 7) is 6.74. The smallest absolute Gasteiger partial charge is 0.140 e. The molecule has 2 aromatic heterocycles. The highest BCUT2D eigenvalue weighted by Crippen LogP contribution is 2.31. The van der Waals surface area contributed by atoms with Gasteiger partial charge in [0, 0.05) is 27.9 Å². The normalized spacial score (nSPS) is 11.6. The summed E-state index contributed by atoms with van der Waals surface area (Å²) in [6, 6.07) is 6.47. The molecule has 0 radical (unpaired) electrons. The molecule has 18 heavy (non-hydrogen) atoms. The Kier molecular flexibility index (Phi) is 3.71. The topological polar surface area (TPSA) is 22.1 Å². The second-order valence-electron chi connectivity index (χ2n) is 5.38. The third kappa shape index (κ3) is 2.91. The van der Waals surface area contributed by atoms with E-state index in [0.29, 0.717) is 0 Å². The van der Waals surface area contributed by atoms with Gasteiger partial charge in [0.2, 0.25) is 0 Å². The van der Waals surface area contributed by atoms with Gasteiger partial charge in [-0.25, -0.2) is 0 Å². The highest BCUT2D eigenvalue weighted by atomic mass is 32.1. The fourth-order valence-electron chi connectivity index (χ4n) is 1.80. The summed E-state index contributed by atoms with van der Waals surface area (Å²) in [5.74, 6) is 0.864. The van der Waals surface area contributed by atoms with Crippen molar-refractivity contribution in [2.24, 2.45) is 0 Å². The van der Waals surface area contributed by atoms with Crippen molar-refractivity contribution in [3.8, 4) is 5.75 Å². The first-order valence-corrected chi connectivity index (χ1v) is 6.88. The lowest BCUT2D eigenvalue weighted by molar-refractivity contribution is 0.408. The number of aromatic nitrogens is 1. The molecule has 0 unspecified atom stereocenters. The second-order valence-corrected chi connectivity index (χ2v) is 6.55. The lowest BCUT2D eigenvalue weighted by atomic mass is 9.95. The minimum Gasteiger partial charge on any atom is -0.495 e. The summed E-state index contributed by atoms with van der Waals surface area (Å²) >= 11 is 1.88. The van der Waals surface area contributed by atoms with Crippen molar-refractivity contribution in [1.29, 1.82) is 0 Å². The van der Waals surface area contributed by atoms with Crippen LogP contribution >= 0.6 is 11.3 Å². The van der Waals surface area contributed by atoms with Crippen LogP contribution in [0.4, 0.5) is 0 Å². The molecule has 0 aliphatic carbocycles. The number of thiophene rings is 1. The lowest BCUT2D eigenvalue weighted by Gasteiger charge is -2.15. The summed E-state index contributed by atoms with van der Waals surface area (Å²) in [5.41, 5.74) is 1.42. The van der Waals surface area contributed by atoms with Gasteiger partial charge in [0.25, 0.3) is 0 Å². The Balaban J connectivity index is 2.22. The molecule has 96 valence electrons. The molecule has 0 bridgehead atoms. The predicted molar refractivity (Wildman–Crippen MR) is 76.6 cm³/mol. The first kappa shape index (κ1) is 13.1. The monoisotopic (exact) mass is 261 g/mol. The number of methoxy groups -OCH3 is 1. The van der Waals surface area contributed by atoms with Crippen molar-refractivity contribution in [2.75, 3.05) is 7.11 Å². The Hall–Kier alpha value is -1.35. The summed E-state index contributed by atoms with van der Waals surface area (Å²) in [4.78, 5) is 6.87. The van der Waals surface area contributed by atoms with Crippen LogP contribution in [0.15, 0.2) is 30.6 Å². The molecule has 0 N–H and O–H groups in total. The van der Waals surface area contributed by atoms with E-state index in [2.05, 4.69) is 37.9 Å². The van der Waals surface area contributed by atoms with Gasteiger partial charge in [0.1, 0.15) is 5.75 Å². The maximum atomic E-state index is 5.33. The van der Waals surface area contributed by atoms with Crippen LogP contribution in [-0.2, 0) is 11.8 Å². The van der Waals surface area contributed by atoms with Crippen LogP contribution in [-0.4, -0.2) is 12.1 Å². The maximum Gasteiger partial charge on any atom is 0.140 e. The SMILES string of the molecule is COc1cnccc1Cc1ccc(C(C)(C)C)s1. The predicted octanol–water partition coefficient (Wildman–Crippen LogP) is 4.04. The molecule has 0 aliphatic rings. The fourth-order valence-corrected chi connectivity index (χ4v) is 2.89. The van der Waals surface area contributed by atoms with E-state index in [9.17, 15) is 0 Å². The molecule has 0 saturated carbocycles. The van der Waals surface area contributed by atoms with Crippen LogP contribution in [0.25, 0.3) is 0 Å². The van der Waals surface area contributed by atoms with Crippen molar-refractivity contribution in [1.82, 2.24) is 4.98 Å². The second kappa shape index (κ2) is 5.11. The standard InChI is InChI=1S/C15H19NOS/c1-15(2,3)14-6-5-12(18-14)9-11-7-8-16-10-13(11)17-4/h5-8,10H,9H2,1-4H3. The van der Waals surface area contributed by atoms with Crippen molar-refractivity contribution in [2.45, 2.75) is 32.6 Å². The minimum absolute atomic E-state index is 0.227. The third-order valence-corrected chi connectivity index (χ3v) is 4.37. The minimum atomic E-state index is 0.227. The Morgan fingerprint density at radius 2 is 2.00 bits per heavy atom. The molecule has 2 heterocycles.